The Morgan fingerprint density at radius 2 is 2.28 bits per heavy atom. The normalized spacial score (nSPS) is 18.7. The Morgan fingerprint density at radius 3 is 2.89 bits per heavy atom. The maximum Gasteiger partial charge on any atom is 0.241 e. The molecule has 1 heterocycles. The molecule has 0 aliphatic carbocycles. The second kappa shape index (κ2) is 5.59. The van der Waals surface area contributed by atoms with Crippen LogP contribution in [0.1, 0.15) is 12.8 Å². The van der Waals surface area contributed by atoms with Crippen molar-refractivity contribution in [1.29, 1.82) is 0 Å². The Hall–Kier alpha value is -1.26. The Balaban J connectivity index is 2.16. The zero-order chi connectivity index (χ0) is 13.1. The van der Waals surface area contributed by atoms with Crippen molar-refractivity contribution < 1.29 is 4.79 Å². The number of hydrogen-bond acceptors (Lipinski definition) is 3. The molecule has 1 saturated heterocycles. The van der Waals surface area contributed by atoms with Crippen LogP contribution in [0.4, 0.5) is 11.4 Å². The fourth-order valence-electron chi connectivity index (χ4n) is 2.13. The summed E-state index contributed by atoms with van der Waals surface area (Å²) in [5.41, 5.74) is 1.71. The SMILES string of the molecule is CN(C)c1ccc(Cl)cc1NC(=O)C1CCCN1. The van der Waals surface area contributed by atoms with Crippen molar-refractivity contribution in [1.82, 2.24) is 5.32 Å². The van der Waals surface area contributed by atoms with Crippen molar-refractivity contribution in [3.05, 3.63) is 23.2 Å². The second-order valence-electron chi connectivity index (χ2n) is 4.69. The van der Waals surface area contributed by atoms with Gasteiger partial charge in [0, 0.05) is 19.1 Å². The van der Waals surface area contributed by atoms with Crippen LogP contribution in [-0.4, -0.2) is 32.6 Å². The lowest BCUT2D eigenvalue weighted by Crippen LogP contribution is -2.35. The first-order valence-corrected chi connectivity index (χ1v) is 6.47. The number of halogens is 1. The van der Waals surface area contributed by atoms with Crippen molar-refractivity contribution >= 4 is 28.9 Å². The molecular formula is C13H18ClN3O. The van der Waals surface area contributed by atoms with E-state index in [1.165, 1.54) is 0 Å². The fourth-order valence-corrected chi connectivity index (χ4v) is 2.30. The smallest absolute Gasteiger partial charge is 0.241 e. The van der Waals surface area contributed by atoms with Crippen molar-refractivity contribution in [2.45, 2.75) is 18.9 Å². The van der Waals surface area contributed by atoms with Crippen LogP contribution in [0, 0.1) is 0 Å². The molecule has 1 aromatic carbocycles. The maximum absolute atomic E-state index is 12.1. The highest BCUT2D eigenvalue weighted by Gasteiger charge is 2.22. The number of nitrogens with zero attached hydrogens (tertiary/aromatic N) is 1. The first-order valence-electron chi connectivity index (χ1n) is 6.09. The van der Waals surface area contributed by atoms with Gasteiger partial charge in [0.05, 0.1) is 17.4 Å². The van der Waals surface area contributed by atoms with Crippen molar-refractivity contribution in [3.63, 3.8) is 0 Å². The highest BCUT2D eigenvalue weighted by Crippen LogP contribution is 2.28. The molecule has 0 spiro atoms. The van der Waals surface area contributed by atoms with E-state index >= 15 is 0 Å². The highest BCUT2D eigenvalue weighted by molar-refractivity contribution is 6.31. The number of carbonyl (C=O) groups excluding carboxylic acids is 1. The van der Waals surface area contributed by atoms with Gasteiger partial charge >= 0.3 is 0 Å². The van der Waals surface area contributed by atoms with E-state index in [1.54, 1.807) is 6.07 Å². The summed E-state index contributed by atoms with van der Waals surface area (Å²) in [6.45, 7) is 0.911. The third-order valence-electron chi connectivity index (χ3n) is 3.08. The van der Waals surface area contributed by atoms with Crippen LogP contribution in [0.25, 0.3) is 0 Å². The van der Waals surface area contributed by atoms with Gasteiger partial charge in [-0.05, 0) is 37.6 Å². The second-order valence-corrected chi connectivity index (χ2v) is 5.13. The van der Waals surface area contributed by atoms with E-state index in [4.69, 9.17) is 11.6 Å². The average Bonchev–Trinajstić information content (AvgIpc) is 2.81. The molecule has 98 valence electrons. The minimum atomic E-state index is -0.0843. The van der Waals surface area contributed by atoms with Gasteiger partial charge < -0.3 is 15.5 Å². The van der Waals surface area contributed by atoms with Gasteiger partial charge in [-0.15, -0.1) is 0 Å². The molecule has 18 heavy (non-hydrogen) atoms. The molecule has 1 atom stereocenters. The summed E-state index contributed by atoms with van der Waals surface area (Å²) in [5, 5.41) is 6.75. The Bertz CT molecular complexity index is 442. The predicted molar refractivity (Wildman–Crippen MR) is 75.4 cm³/mol. The summed E-state index contributed by atoms with van der Waals surface area (Å²) in [5.74, 6) is 0.0119. The van der Waals surface area contributed by atoms with Crippen LogP contribution in [0.5, 0.6) is 0 Å². The summed E-state index contributed by atoms with van der Waals surface area (Å²) in [6.07, 6.45) is 1.94. The van der Waals surface area contributed by atoms with Crippen molar-refractivity contribution in [2.24, 2.45) is 0 Å². The van der Waals surface area contributed by atoms with E-state index in [-0.39, 0.29) is 11.9 Å². The molecule has 0 bridgehead atoms. The first-order chi connectivity index (χ1) is 8.58. The molecule has 1 aliphatic rings. The Kier molecular flexibility index (Phi) is 4.09. The van der Waals surface area contributed by atoms with E-state index in [1.807, 2.05) is 31.1 Å². The molecule has 1 amide bonds. The zero-order valence-corrected chi connectivity index (χ0v) is 11.4. The van der Waals surface area contributed by atoms with Gasteiger partial charge in [-0.1, -0.05) is 11.6 Å². The molecular weight excluding hydrogens is 250 g/mol. The minimum Gasteiger partial charge on any atom is -0.376 e. The lowest BCUT2D eigenvalue weighted by atomic mass is 10.2. The van der Waals surface area contributed by atoms with Gasteiger partial charge in [-0.3, -0.25) is 4.79 Å². The minimum absolute atomic E-state index is 0.0119. The summed E-state index contributed by atoms with van der Waals surface area (Å²) >= 11 is 5.98. The number of carbonyl (C=O) groups is 1. The molecule has 2 rings (SSSR count). The fraction of sp³-hybridized carbons (Fsp3) is 0.462. The largest absolute Gasteiger partial charge is 0.376 e. The third-order valence-corrected chi connectivity index (χ3v) is 3.31. The van der Waals surface area contributed by atoms with E-state index in [9.17, 15) is 4.79 Å². The van der Waals surface area contributed by atoms with Gasteiger partial charge in [0.2, 0.25) is 5.91 Å². The molecule has 4 nitrogen and oxygen atoms in total. The molecule has 2 N–H and O–H groups in total. The summed E-state index contributed by atoms with van der Waals surface area (Å²) in [7, 11) is 3.87. The van der Waals surface area contributed by atoms with Crippen LogP contribution in [0.3, 0.4) is 0 Å². The van der Waals surface area contributed by atoms with Gasteiger partial charge in [0.15, 0.2) is 0 Å². The van der Waals surface area contributed by atoms with E-state index < -0.39 is 0 Å². The number of rotatable bonds is 3. The molecule has 1 aromatic rings. The molecule has 0 aromatic heterocycles. The molecule has 5 heteroatoms. The van der Waals surface area contributed by atoms with Gasteiger partial charge in [0.25, 0.3) is 0 Å². The number of anilines is 2. The first kappa shape index (κ1) is 13.2. The standard InChI is InChI=1S/C13H18ClN3O/c1-17(2)12-6-5-9(14)8-11(12)16-13(18)10-4-3-7-15-10/h5-6,8,10,15H,3-4,7H2,1-2H3,(H,16,18). The maximum atomic E-state index is 12.1. The highest BCUT2D eigenvalue weighted by atomic mass is 35.5. The molecule has 1 unspecified atom stereocenters. The molecule has 1 aliphatic heterocycles. The Labute approximate surface area is 112 Å². The van der Waals surface area contributed by atoms with Crippen molar-refractivity contribution in [2.75, 3.05) is 30.9 Å². The molecule has 0 radical (unpaired) electrons. The number of amides is 1. The predicted octanol–water partition coefficient (Wildman–Crippen LogP) is 2.10. The van der Waals surface area contributed by atoms with Crippen molar-refractivity contribution in [3.8, 4) is 0 Å². The lowest BCUT2D eigenvalue weighted by molar-refractivity contribution is -0.117. The Morgan fingerprint density at radius 1 is 1.50 bits per heavy atom. The summed E-state index contributed by atoms with van der Waals surface area (Å²) < 4.78 is 0. The van der Waals surface area contributed by atoms with E-state index in [0.29, 0.717) is 5.02 Å². The topological polar surface area (TPSA) is 44.4 Å². The zero-order valence-electron chi connectivity index (χ0n) is 10.7. The summed E-state index contributed by atoms with van der Waals surface area (Å²) in [4.78, 5) is 14.0. The number of hydrogen-bond donors (Lipinski definition) is 2. The van der Waals surface area contributed by atoms with E-state index in [2.05, 4.69) is 10.6 Å². The molecule has 0 saturated carbocycles. The molecule has 1 fully saturated rings. The van der Waals surface area contributed by atoms with Crippen LogP contribution in [0.2, 0.25) is 5.02 Å². The van der Waals surface area contributed by atoms with E-state index in [0.717, 1.165) is 30.8 Å². The average molecular weight is 268 g/mol. The van der Waals surface area contributed by atoms with Crippen LogP contribution >= 0.6 is 11.6 Å². The van der Waals surface area contributed by atoms with Crippen LogP contribution in [0.15, 0.2) is 18.2 Å². The lowest BCUT2D eigenvalue weighted by Gasteiger charge is -2.19. The third kappa shape index (κ3) is 2.94. The van der Waals surface area contributed by atoms with Gasteiger partial charge in [-0.2, -0.15) is 0 Å². The quantitative estimate of drug-likeness (QED) is 0.882. The monoisotopic (exact) mass is 267 g/mol. The summed E-state index contributed by atoms with van der Waals surface area (Å²) in [6, 6.07) is 5.42. The van der Waals surface area contributed by atoms with Gasteiger partial charge in [-0.25, -0.2) is 0 Å². The number of benzene rings is 1. The number of nitrogens with one attached hydrogen (secondary N) is 2. The van der Waals surface area contributed by atoms with Crippen LogP contribution in [-0.2, 0) is 4.79 Å². The van der Waals surface area contributed by atoms with Crippen LogP contribution < -0.4 is 15.5 Å². The van der Waals surface area contributed by atoms with Gasteiger partial charge in [0.1, 0.15) is 0 Å².